The molecule has 0 aliphatic carbocycles. The Labute approximate surface area is 132 Å². The fourth-order valence-electron chi connectivity index (χ4n) is 2.05. The minimum atomic E-state index is -4.18. The van der Waals surface area contributed by atoms with E-state index in [0.717, 1.165) is 12.0 Å². The first-order valence-electron chi connectivity index (χ1n) is 7.38. The summed E-state index contributed by atoms with van der Waals surface area (Å²) in [4.78, 5) is 3.90. The summed E-state index contributed by atoms with van der Waals surface area (Å²) in [5.41, 5.74) is 0.924. The molecule has 2 rings (SSSR count). The number of ether oxygens (including phenoxy) is 2. The van der Waals surface area contributed by atoms with E-state index in [1.807, 2.05) is 18.2 Å². The van der Waals surface area contributed by atoms with Gasteiger partial charge in [0.25, 0.3) is 0 Å². The lowest BCUT2D eigenvalue weighted by Gasteiger charge is -2.14. The molecule has 23 heavy (non-hydrogen) atoms. The van der Waals surface area contributed by atoms with Gasteiger partial charge >= 0.3 is 6.18 Å². The fourth-order valence-corrected chi connectivity index (χ4v) is 2.05. The maximum Gasteiger partial charge on any atom is 0.390 e. The van der Waals surface area contributed by atoms with Crippen molar-refractivity contribution in [3.63, 3.8) is 0 Å². The summed E-state index contributed by atoms with van der Waals surface area (Å²) < 4.78 is 47.5. The summed E-state index contributed by atoms with van der Waals surface area (Å²) in [6.07, 6.45) is -4.25. The normalized spacial score (nSPS) is 15.0. The smallest absolute Gasteiger partial charge is 0.390 e. The van der Waals surface area contributed by atoms with Gasteiger partial charge in [0.05, 0.1) is 19.6 Å². The van der Waals surface area contributed by atoms with Crippen LogP contribution in [0.1, 0.15) is 18.4 Å². The largest absolute Gasteiger partial charge is 0.490 e. The van der Waals surface area contributed by atoms with E-state index in [0.29, 0.717) is 37.2 Å². The third kappa shape index (κ3) is 5.88. The Hall–Kier alpha value is -2.12. The minimum absolute atomic E-state index is 0.218. The zero-order valence-electron chi connectivity index (χ0n) is 12.9. The summed E-state index contributed by atoms with van der Waals surface area (Å²) in [5.74, 6) is 1.71. The maximum atomic E-state index is 12.1. The second kappa shape index (κ2) is 7.94. The molecule has 1 aliphatic rings. The predicted octanol–water partition coefficient (Wildman–Crippen LogP) is 2.47. The molecule has 1 aliphatic heterocycles. The van der Waals surface area contributed by atoms with Crippen LogP contribution in [0.3, 0.4) is 0 Å². The third-order valence-corrected chi connectivity index (χ3v) is 3.20. The number of benzene rings is 1. The van der Waals surface area contributed by atoms with Gasteiger partial charge in [-0.1, -0.05) is 6.07 Å². The number of nitrogens with zero attached hydrogens (tertiary/aromatic N) is 1. The van der Waals surface area contributed by atoms with E-state index in [1.165, 1.54) is 7.05 Å². The molecule has 5 nitrogen and oxygen atoms in total. The van der Waals surface area contributed by atoms with Gasteiger partial charge in [-0.25, -0.2) is 0 Å². The molecule has 0 radical (unpaired) electrons. The van der Waals surface area contributed by atoms with Crippen LogP contribution in [0.25, 0.3) is 0 Å². The Balaban J connectivity index is 1.85. The topological polar surface area (TPSA) is 54.9 Å². The quantitative estimate of drug-likeness (QED) is 0.657. The number of fused-ring (bicyclic) bond motifs is 1. The Kier molecular flexibility index (Phi) is 5.95. The van der Waals surface area contributed by atoms with Crippen molar-refractivity contribution < 1.29 is 22.6 Å². The Morgan fingerprint density at radius 1 is 1.17 bits per heavy atom. The molecule has 1 aromatic rings. The molecule has 0 saturated carbocycles. The van der Waals surface area contributed by atoms with Crippen molar-refractivity contribution in [1.82, 2.24) is 10.6 Å². The highest BCUT2D eigenvalue weighted by Crippen LogP contribution is 2.30. The maximum absolute atomic E-state index is 12.1. The van der Waals surface area contributed by atoms with Crippen molar-refractivity contribution in [3.8, 4) is 11.5 Å². The van der Waals surface area contributed by atoms with E-state index < -0.39 is 12.6 Å². The average Bonchev–Trinajstić information content (AvgIpc) is 2.74. The summed E-state index contributed by atoms with van der Waals surface area (Å²) in [6.45, 7) is 1.43. The highest BCUT2D eigenvalue weighted by atomic mass is 19.4. The zero-order valence-corrected chi connectivity index (χ0v) is 12.9. The van der Waals surface area contributed by atoms with Crippen LogP contribution in [-0.4, -0.2) is 38.9 Å². The number of nitrogens with one attached hydrogen (secondary N) is 2. The second-order valence-corrected chi connectivity index (χ2v) is 5.05. The number of rotatable bonds is 4. The average molecular weight is 331 g/mol. The molecular formula is C15H20F3N3O2. The summed E-state index contributed by atoms with van der Waals surface area (Å²) in [5, 5.41) is 5.60. The molecule has 0 bridgehead atoms. The van der Waals surface area contributed by atoms with Crippen LogP contribution in [0.5, 0.6) is 11.5 Å². The number of guanidine groups is 1. The van der Waals surface area contributed by atoms with Crippen LogP contribution in [0.2, 0.25) is 0 Å². The van der Waals surface area contributed by atoms with Gasteiger partial charge in [0.15, 0.2) is 17.5 Å². The van der Waals surface area contributed by atoms with Crippen molar-refractivity contribution in [3.05, 3.63) is 23.8 Å². The highest BCUT2D eigenvalue weighted by Gasteiger charge is 2.26. The van der Waals surface area contributed by atoms with Gasteiger partial charge in [0, 0.05) is 26.6 Å². The Bertz CT molecular complexity index is 547. The molecule has 0 atom stereocenters. The third-order valence-electron chi connectivity index (χ3n) is 3.20. The van der Waals surface area contributed by atoms with Crippen molar-refractivity contribution in [2.24, 2.45) is 4.99 Å². The van der Waals surface area contributed by atoms with Crippen LogP contribution in [0.15, 0.2) is 23.2 Å². The first-order valence-corrected chi connectivity index (χ1v) is 7.38. The van der Waals surface area contributed by atoms with Crippen LogP contribution < -0.4 is 20.1 Å². The van der Waals surface area contributed by atoms with E-state index >= 15 is 0 Å². The second-order valence-electron chi connectivity index (χ2n) is 5.05. The molecule has 0 spiro atoms. The molecule has 0 unspecified atom stereocenters. The molecule has 128 valence electrons. The van der Waals surface area contributed by atoms with Crippen molar-refractivity contribution in [1.29, 1.82) is 0 Å². The molecule has 0 aromatic heterocycles. The predicted molar refractivity (Wildman–Crippen MR) is 80.9 cm³/mol. The Morgan fingerprint density at radius 3 is 2.61 bits per heavy atom. The van der Waals surface area contributed by atoms with Gasteiger partial charge in [0.1, 0.15) is 0 Å². The highest BCUT2D eigenvalue weighted by molar-refractivity contribution is 5.79. The van der Waals surface area contributed by atoms with Crippen molar-refractivity contribution in [2.75, 3.05) is 26.8 Å². The van der Waals surface area contributed by atoms with Crippen LogP contribution in [0.4, 0.5) is 13.2 Å². The van der Waals surface area contributed by atoms with Gasteiger partial charge in [-0.3, -0.25) is 4.99 Å². The lowest BCUT2D eigenvalue weighted by Crippen LogP contribution is -2.38. The molecule has 8 heteroatoms. The molecule has 0 fully saturated rings. The van der Waals surface area contributed by atoms with E-state index in [1.54, 1.807) is 0 Å². The zero-order chi connectivity index (χ0) is 16.7. The van der Waals surface area contributed by atoms with Gasteiger partial charge in [-0.05, 0) is 17.7 Å². The van der Waals surface area contributed by atoms with Crippen LogP contribution >= 0.6 is 0 Å². The summed E-state index contributed by atoms with van der Waals surface area (Å²) in [7, 11) is 1.51. The molecule has 0 saturated heterocycles. The monoisotopic (exact) mass is 331 g/mol. The van der Waals surface area contributed by atoms with Crippen LogP contribution in [0, 0.1) is 0 Å². The molecule has 2 N–H and O–H groups in total. The fraction of sp³-hybridized carbons (Fsp3) is 0.533. The number of aliphatic imine (C=N–C) groups is 1. The van der Waals surface area contributed by atoms with Crippen molar-refractivity contribution in [2.45, 2.75) is 25.6 Å². The standard InChI is InChI=1S/C15H20F3N3O2/c1-19-14(20-6-5-15(16,17)18)21-10-11-3-4-12-13(9-11)23-8-2-7-22-12/h3-4,9H,2,5-8,10H2,1H3,(H2,19,20,21). The van der Waals surface area contributed by atoms with Gasteiger partial charge in [0.2, 0.25) is 0 Å². The summed E-state index contributed by atoms with van der Waals surface area (Å²) >= 11 is 0. The van der Waals surface area contributed by atoms with Crippen LogP contribution in [-0.2, 0) is 6.54 Å². The lowest BCUT2D eigenvalue weighted by atomic mass is 10.2. The van der Waals surface area contributed by atoms with E-state index in [2.05, 4.69) is 15.6 Å². The van der Waals surface area contributed by atoms with E-state index in [4.69, 9.17) is 9.47 Å². The molecule has 0 amide bonds. The molecular weight excluding hydrogens is 311 g/mol. The number of hydrogen-bond donors (Lipinski definition) is 2. The Morgan fingerprint density at radius 2 is 1.91 bits per heavy atom. The van der Waals surface area contributed by atoms with Gasteiger partial charge < -0.3 is 20.1 Å². The van der Waals surface area contributed by atoms with E-state index in [-0.39, 0.29) is 6.54 Å². The first kappa shape index (κ1) is 17.2. The molecule has 1 heterocycles. The van der Waals surface area contributed by atoms with Crippen molar-refractivity contribution >= 4 is 5.96 Å². The molecule has 1 aromatic carbocycles. The number of halogens is 3. The number of alkyl halides is 3. The van der Waals surface area contributed by atoms with Gasteiger partial charge in [-0.15, -0.1) is 0 Å². The first-order chi connectivity index (χ1) is 11.0. The van der Waals surface area contributed by atoms with E-state index in [9.17, 15) is 13.2 Å². The lowest BCUT2D eigenvalue weighted by molar-refractivity contribution is -0.132. The van der Waals surface area contributed by atoms with Gasteiger partial charge in [-0.2, -0.15) is 13.2 Å². The summed E-state index contributed by atoms with van der Waals surface area (Å²) in [6, 6.07) is 5.57. The SMILES string of the molecule is CN=C(NCCC(F)(F)F)NCc1ccc2c(c1)OCCCO2. The number of hydrogen-bond acceptors (Lipinski definition) is 3. The minimum Gasteiger partial charge on any atom is -0.490 e.